The van der Waals surface area contributed by atoms with Crippen molar-refractivity contribution in [2.75, 3.05) is 11.1 Å². The highest BCUT2D eigenvalue weighted by Crippen LogP contribution is 2.45. The van der Waals surface area contributed by atoms with Crippen LogP contribution >= 0.6 is 0 Å². The Labute approximate surface area is 183 Å². The molecule has 0 saturated carbocycles. The van der Waals surface area contributed by atoms with Crippen LogP contribution in [0.3, 0.4) is 0 Å². The number of hydrogen-bond donors (Lipinski definition) is 0. The molecular formula is C26H43N2Si. The monoisotopic (exact) mass is 411 g/mol. The summed E-state index contributed by atoms with van der Waals surface area (Å²) in [5, 5.41) is 0.677. The van der Waals surface area contributed by atoms with Crippen LogP contribution < -0.4 is 4.90 Å². The van der Waals surface area contributed by atoms with Gasteiger partial charge in [0.05, 0.1) is 14.5 Å². The van der Waals surface area contributed by atoms with Gasteiger partial charge in [0, 0.05) is 17.6 Å². The van der Waals surface area contributed by atoms with Gasteiger partial charge in [0.1, 0.15) is 0 Å². The van der Waals surface area contributed by atoms with Gasteiger partial charge in [-0.2, -0.15) is 0 Å². The van der Waals surface area contributed by atoms with E-state index in [0.29, 0.717) is 21.9 Å². The maximum atomic E-state index is 3.79. The quantitative estimate of drug-likeness (QED) is 0.454. The fourth-order valence-corrected chi connectivity index (χ4v) is 8.35. The highest BCUT2D eigenvalue weighted by atomic mass is 28.3. The average molecular weight is 412 g/mol. The molecule has 2 nitrogen and oxygen atoms in total. The molecule has 1 aliphatic rings. The molecule has 1 aromatic rings. The molecule has 2 rings (SSSR count). The van der Waals surface area contributed by atoms with Crippen molar-refractivity contribution in [1.29, 1.82) is 0 Å². The first-order valence-corrected chi connectivity index (χ1v) is 12.9. The van der Waals surface area contributed by atoms with Gasteiger partial charge in [-0.25, -0.2) is 0 Å². The molecule has 3 radical (unpaired) electrons. The van der Waals surface area contributed by atoms with Crippen molar-refractivity contribution in [2.24, 2.45) is 0 Å². The van der Waals surface area contributed by atoms with Crippen molar-refractivity contribution in [1.82, 2.24) is 4.90 Å². The molecule has 29 heavy (non-hydrogen) atoms. The standard InChI is InChI=1S/C26H43N2Si/c1-18(2)22-14-13-15-23(19(3)4)24(22)28-16-27(20(5)21(28)6)17-29(25(7,8)9)26(10,11)12/h13-15,18-19H,17H2,1-12H3. The minimum absolute atomic E-state index is 0.338. The van der Waals surface area contributed by atoms with E-state index in [1.807, 2.05) is 0 Å². The fourth-order valence-electron chi connectivity index (χ4n) is 4.53. The van der Waals surface area contributed by atoms with E-state index < -0.39 is 8.80 Å². The molecule has 0 aliphatic carbocycles. The van der Waals surface area contributed by atoms with E-state index in [-0.39, 0.29) is 0 Å². The maximum Gasteiger partial charge on any atom is 0.212 e. The first kappa shape index (κ1) is 24.1. The largest absolute Gasteiger partial charge is 0.346 e. The minimum Gasteiger partial charge on any atom is -0.346 e. The molecular weight excluding hydrogens is 368 g/mol. The molecule has 0 spiro atoms. The van der Waals surface area contributed by atoms with Crippen LogP contribution in [0.25, 0.3) is 0 Å². The Morgan fingerprint density at radius 2 is 1.28 bits per heavy atom. The van der Waals surface area contributed by atoms with Gasteiger partial charge in [0.15, 0.2) is 0 Å². The van der Waals surface area contributed by atoms with Crippen molar-refractivity contribution >= 4 is 14.5 Å². The molecule has 0 saturated heterocycles. The molecule has 0 unspecified atom stereocenters. The molecule has 3 heteroatoms. The van der Waals surface area contributed by atoms with Crippen LogP contribution in [0.4, 0.5) is 5.69 Å². The summed E-state index contributed by atoms with van der Waals surface area (Å²) < 4.78 is 0. The number of benzene rings is 1. The van der Waals surface area contributed by atoms with Gasteiger partial charge in [0.2, 0.25) is 6.67 Å². The highest BCUT2D eigenvalue weighted by Gasteiger charge is 2.40. The Hall–Kier alpha value is -1.22. The van der Waals surface area contributed by atoms with Gasteiger partial charge in [-0.3, -0.25) is 0 Å². The number of hydrogen-bond acceptors (Lipinski definition) is 2. The summed E-state index contributed by atoms with van der Waals surface area (Å²) in [6, 6.07) is 6.80. The second kappa shape index (κ2) is 8.49. The number of allylic oxidation sites excluding steroid dienone is 2. The molecule has 0 fully saturated rings. The molecule has 0 atom stereocenters. The average Bonchev–Trinajstić information content (AvgIpc) is 2.84. The number of nitrogens with zero attached hydrogens (tertiary/aromatic N) is 2. The molecule has 161 valence electrons. The predicted octanol–water partition coefficient (Wildman–Crippen LogP) is 7.94. The molecule has 1 heterocycles. The van der Waals surface area contributed by atoms with Crippen LogP contribution in [0.2, 0.25) is 10.1 Å². The summed E-state index contributed by atoms with van der Waals surface area (Å²) in [6.45, 7) is 32.0. The van der Waals surface area contributed by atoms with Crippen molar-refractivity contribution in [2.45, 2.75) is 105 Å². The summed E-state index contributed by atoms with van der Waals surface area (Å²) in [7, 11) is -0.668. The zero-order valence-electron chi connectivity index (χ0n) is 21.0. The normalized spacial score (nSPS) is 16.2. The van der Waals surface area contributed by atoms with Gasteiger partial charge in [-0.1, -0.05) is 87.4 Å². The Bertz CT molecular complexity index is 707. The van der Waals surface area contributed by atoms with E-state index in [1.54, 1.807) is 0 Å². The zero-order valence-corrected chi connectivity index (χ0v) is 22.0. The molecule has 0 aromatic heterocycles. The van der Waals surface area contributed by atoms with Crippen LogP contribution in [0.5, 0.6) is 0 Å². The lowest BCUT2D eigenvalue weighted by molar-refractivity contribution is 0.475. The summed E-state index contributed by atoms with van der Waals surface area (Å²) >= 11 is 0. The van der Waals surface area contributed by atoms with Crippen LogP contribution in [0.15, 0.2) is 29.6 Å². The third-order valence-electron chi connectivity index (χ3n) is 6.18. The van der Waals surface area contributed by atoms with Crippen LogP contribution in [-0.4, -0.2) is 19.9 Å². The van der Waals surface area contributed by atoms with E-state index in [1.165, 1.54) is 28.2 Å². The highest BCUT2D eigenvalue weighted by molar-refractivity contribution is 6.65. The Morgan fingerprint density at radius 3 is 1.66 bits per heavy atom. The first-order chi connectivity index (χ1) is 13.2. The van der Waals surface area contributed by atoms with Gasteiger partial charge in [-0.15, -0.1) is 0 Å². The van der Waals surface area contributed by atoms with Crippen LogP contribution in [-0.2, 0) is 0 Å². The van der Waals surface area contributed by atoms with Gasteiger partial charge >= 0.3 is 0 Å². The van der Waals surface area contributed by atoms with Crippen molar-refractivity contribution in [3.63, 3.8) is 0 Å². The fraction of sp³-hybridized carbons (Fsp3) is 0.654. The smallest absolute Gasteiger partial charge is 0.212 e. The number of anilines is 1. The summed E-state index contributed by atoms with van der Waals surface area (Å²) in [4.78, 5) is 4.77. The maximum absolute atomic E-state index is 3.79. The molecule has 0 amide bonds. The molecule has 0 N–H and O–H groups in total. The summed E-state index contributed by atoms with van der Waals surface area (Å²) in [5.74, 6) is 0.966. The lowest BCUT2D eigenvalue weighted by Crippen LogP contribution is -2.44. The summed E-state index contributed by atoms with van der Waals surface area (Å²) in [6.07, 6.45) is 1.10. The van der Waals surface area contributed by atoms with Crippen LogP contribution in [0, 0.1) is 6.67 Å². The second-order valence-corrected chi connectivity index (χ2v) is 15.5. The second-order valence-electron chi connectivity index (χ2n) is 11.3. The van der Waals surface area contributed by atoms with E-state index in [0.717, 1.165) is 6.17 Å². The SMILES string of the molecule is CC1=C(C)N(c2c(C(C)C)cccc2C(C)C)[C]N1C[Si](C(C)(C)C)C(C)(C)C. The van der Waals surface area contributed by atoms with E-state index >= 15 is 0 Å². The van der Waals surface area contributed by atoms with Gasteiger partial charge in [-0.05, 0) is 46.9 Å². The molecule has 1 aliphatic heterocycles. The Morgan fingerprint density at radius 1 is 0.828 bits per heavy atom. The van der Waals surface area contributed by atoms with E-state index in [2.05, 4.69) is 118 Å². The van der Waals surface area contributed by atoms with Crippen molar-refractivity contribution in [3.8, 4) is 0 Å². The van der Waals surface area contributed by atoms with E-state index in [4.69, 9.17) is 0 Å². The molecule has 1 aromatic carbocycles. The lowest BCUT2D eigenvalue weighted by Gasteiger charge is -2.41. The minimum atomic E-state index is -0.668. The number of rotatable bonds is 5. The predicted molar refractivity (Wildman–Crippen MR) is 131 cm³/mol. The molecule has 0 bridgehead atoms. The topological polar surface area (TPSA) is 6.48 Å². The van der Waals surface area contributed by atoms with Crippen LogP contribution in [0.1, 0.15) is 106 Å². The third-order valence-corrected chi connectivity index (χ3v) is 10.4. The number of para-hydroxylation sites is 1. The van der Waals surface area contributed by atoms with Crippen molar-refractivity contribution in [3.05, 3.63) is 47.4 Å². The Balaban J connectivity index is 2.46. The van der Waals surface area contributed by atoms with E-state index in [9.17, 15) is 0 Å². The lowest BCUT2D eigenvalue weighted by atomic mass is 9.92. The Kier molecular flexibility index (Phi) is 7.04. The van der Waals surface area contributed by atoms with Crippen molar-refractivity contribution < 1.29 is 0 Å². The van der Waals surface area contributed by atoms with Gasteiger partial charge < -0.3 is 9.80 Å². The third kappa shape index (κ3) is 5.10. The zero-order chi connectivity index (χ0) is 22.3. The summed E-state index contributed by atoms with van der Waals surface area (Å²) in [5.41, 5.74) is 6.82. The van der Waals surface area contributed by atoms with Gasteiger partial charge in [0.25, 0.3) is 0 Å². The first-order valence-electron chi connectivity index (χ1n) is 11.2.